The molecule has 1 amide bonds. The molecular weight excluding hydrogens is 330 g/mol. The van der Waals surface area contributed by atoms with Crippen LogP contribution in [0.5, 0.6) is 5.75 Å². The van der Waals surface area contributed by atoms with E-state index in [4.69, 9.17) is 4.74 Å². The van der Waals surface area contributed by atoms with Crippen LogP contribution < -0.4 is 10.1 Å². The van der Waals surface area contributed by atoms with Gasteiger partial charge in [0.15, 0.2) is 0 Å². The van der Waals surface area contributed by atoms with Gasteiger partial charge in [-0.3, -0.25) is 4.79 Å². The SMILES string of the molecule is COc1cccc(CCNC(=O)Cc2ccc(Br)cc2)c1. The molecule has 0 fully saturated rings. The number of methoxy groups -OCH3 is 1. The molecule has 0 spiro atoms. The molecule has 1 N–H and O–H groups in total. The minimum Gasteiger partial charge on any atom is -0.497 e. The molecule has 2 aromatic carbocycles. The largest absolute Gasteiger partial charge is 0.497 e. The normalized spacial score (nSPS) is 10.2. The fourth-order valence-electron chi connectivity index (χ4n) is 2.02. The summed E-state index contributed by atoms with van der Waals surface area (Å²) in [5, 5.41) is 2.94. The summed E-state index contributed by atoms with van der Waals surface area (Å²) in [5.41, 5.74) is 2.16. The smallest absolute Gasteiger partial charge is 0.224 e. The minimum atomic E-state index is 0.0419. The van der Waals surface area contributed by atoms with Crippen LogP contribution in [0.3, 0.4) is 0 Å². The van der Waals surface area contributed by atoms with Crippen molar-refractivity contribution in [2.24, 2.45) is 0 Å². The Morgan fingerprint density at radius 1 is 1.14 bits per heavy atom. The third kappa shape index (κ3) is 5.23. The molecule has 0 aliphatic heterocycles. The molecule has 0 heterocycles. The fourth-order valence-corrected chi connectivity index (χ4v) is 2.29. The maximum absolute atomic E-state index is 11.9. The van der Waals surface area contributed by atoms with Crippen molar-refractivity contribution in [1.29, 1.82) is 0 Å². The van der Waals surface area contributed by atoms with Crippen molar-refractivity contribution in [1.82, 2.24) is 5.32 Å². The number of nitrogens with one attached hydrogen (secondary N) is 1. The molecule has 0 saturated carbocycles. The van der Waals surface area contributed by atoms with E-state index in [2.05, 4.69) is 21.2 Å². The standard InChI is InChI=1S/C17H18BrNO2/c1-21-16-4-2-3-13(11-16)9-10-19-17(20)12-14-5-7-15(18)8-6-14/h2-8,11H,9-10,12H2,1H3,(H,19,20). The van der Waals surface area contributed by atoms with Crippen LogP contribution in [-0.4, -0.2) is 19.6 Å². The maximum Gasteiger partial charge on any atom is 0.224 e. The van der Waals surface area contributed by atoms with Crippen LogP contribution in [0.15, 0.2) is 53.0 Å². The van der Waals surface area contributed by atoms with E-state index in [1.54, 1.807) is 7.11 Å². The number of benzene rings is 2. The van der Waals surface area contributed by atoms with Gasteiger partial charge in [0.25, 0.3) is 0 Å². The lowest BCUT2D eigenvalue weighted by molar-refractivity contribution is -0.120. The third-order valence-electron chi connectivity index (χ3n) is 3.15. The van der Waals surface area contributed by atoms with Crippen LogP contribution in [0, 0.1) is 0 Å². The summed E-state index contributed by atoms with van der Waals surface area (Å²) < 4.78 is 6.20. The van der Waals surface area contributed by atoms with Crippen molar-refractivity contribution in [2.45, 2.75) is 12.8 Å². The molecule has 110 valence electrons. The summed E-state index contributed by atoms with van der Waals surface area (Å²) in [4.78, 5) is 11.9. The van der Waals surface area contributed by atoms with Crippen LogP contribution >= 0.6 is 15.9 Å². The second-order valence-corrected chi connectivity index (χ2v) is 5.67. The fraction of sp³-hybridized carbons (Fsp3) is 0.235. The van der Waals surface area contributed by atoms with E-state index in [0.717, 1.165) is 27.8 Å². The van der Waals surface area contributed by atoms with Crippen LogP contribution in [0.1, 0.15) is 11.1 Å². The van der Waals surface area contributed by atoms with Crippen LogP contribution in [0.25, 0.3) is 0 Å². The summed E-state index contributed by atoms with van der Waals surface area (Å²) >= 11 is 3.38. The summed E-state index contributed by atoms with van der Waals surface area (Å²) in [7, 11) is 1.65. The van der Waals surface area contributed by atoms with Crippen LogP contribution in [-0.2, 0) is 17.6 Å². The molecule has 0 aliphatic carbocycles. The lowest BCUT2D eigenvalue weighted by Gasteiger charge is -2.07. The summed E-state index contributed by atoms with van der Waals surface area (Å²) in [5.74, 6) is 0.883. The zero-order valence-electron chi connectivity index (χ0n) is 11.9. The van der Waals surface area contributed by atoms with E-state index < -0.39 is 0 Å². The highest BCUT2D eigenvalue weighted by Gasteiger charge is 2.03. The molecule has 0 bridgehead atoms. The van der Waals surface area contributed by atoms with Gasteiger partial charge in [0.2, 0.25) is 5.91 Å². The van der Waals surface area contributed by atoms with Crippen molar-refractivity contribution >= 4 is 21.8 Å². The summed E-state index contributed by atoms with van der Waals surface area (Å²) in [6, 6.07) is 15.7. The summed E-state index contributed by atoms with van der Waals surface area (Å²) in [6.45, 7) is 0.628. The van der Waals surface area contributed by atoms with Gasteiger partial charge in [-0.15, -0.1) is 0 Å². The Balaban J connectivity index is 1.77. The first-order chi connectivity index (χ1) is 10.2. The number of amides is 1. The Morgan fingerprint density at radius 2 is 1.90 bits per heavy atom. The van der Waals surface area contributed by atoms with Gasteiger partial charge in [-0.1, -0.05) is 40.2 Å². The molecule has 3 nitrogen and oxygen atoms in total. The maximum atomic E-state index is 11.9. The Labute approximate surface area is 133 Å². The molecule has 0 radical (unpaired) electrons. The van der Waals surface area contributed by atoms with Gasteiger partial charge in [0.1, 0.15) is 5.75 Å². The van der Waals surface area contributed by atoms with Crippen LogP contribution in [0.2, 0.25) is 0 Å². The van der Waals surface area contributed by atoms with Crippen molar-refractivity contribution in [3.05, 3.63) is 64.1 Å². The van der Waals surface area contributed by atoms with Gasteiger partial charge in [-0.2, -0.15) is 0 Å². The van der Waals surface area contributed by atoms with E-state index in [9.17, 15) is 4.79 Å². The number of carbonyl (C=O) groups excluding carboxylic acids is 1. The van der Waals surface area contributed by atoms with Gasteiger partial charge >= 0.3 is 0 Å². The number of hydrogen-bond acceptors (Lipinski definition) is 2. The Bertz CT molecular complexity index is 596. The number of carbonyl (C=O) groups is 1. The van der Waals surface area contributed by atoms with E-state index in [-0.39, 0.29) is 5.91 Å². The summed E-state index contributed by atoms with van der Waals surface area (Å²) in [6.07, 6.45) is 1.20. The van der Waals surface area contributed by atoms with Gasteiger partial charge in [-0.05, 0) is 41.8 Å². The average Bonchev–Trinajstić information content (AvgIpc) is 2.50. The van der Waals surface area contributed by atoms with E-state index in [0.29, 0.717) is 13.0 Å². The first kappa shape index (κ1) is 15.6. The zero-order chi connectivity index (χ0) is 15.1. The highest BCUT2D eigenvalue weighted by Crippen LogP contribution is 2.13. The van der Waals surface area contributed by atoms with Gasteiger partial charge < -0.3 is 10.1 Å². The first-order valence-corrected chi connectivity index (χ1v) is 7.61. The molecule has 0 atom stereocenters. The quantitative estimate of drug-likeness (QED) is 0.869. The second-order valence-electron chi connectivity index (χ2n) is 4.75. The predicted octanol–water partition coefficient (Wildman–Crippen LogP) is 3.36. The van der Waals surface area contributed by atoms with Crippen LogP contribution in [0.4, 0.5) is 0 Å². The molecule has 0 saturated heterocycles. The third-order valence-corrected chi connectivity index (χ3v) is 3.68. The van der Waals surface area contributed by atoms with E-state index in [1.165, 1.54) is 0 Å². The van der Waals surface area contributed by atoms with Gasteiger partial charge in [0, 0.05) is 11.0 Å². The second kappa shape index (κ2) is 7.84. The van der Waals surface area contributed by atoms with Crippen molar-refractivity contribution in [3.8, 4) is 5.75 Å². The minimum absolute atomic E-state index is 0.0419. The lowest BCUT2D eigenvalue weighted by atomic mass is 10.1. The number of ether oxygens (including phenoxy) is 1. The number of rotatable bonds is 6. The highest BCUT2D eigenvalue weighted by molar-refractivity contribution is 9.10. The molecule has 0 unspecified atom stereocenters. The first-order valence-electron chi connectivity index (χ1n) is 6.81. The molecule has 2 rings (SSSR count). The van der Waals surface area contributed by atoms with E-state index >= 15 is 0 Å². The van der Waals surface area contributed by atoms with Gasteiger partial charge in [0.05, 0.1) is 13.5 Å². The van der Waals surface area contributed by atoms with Crippen molar-refractivity contribution in [2.75, 3.05) is 13.7 Å². The molecule has 0 aromatic heterocycles. The highest BCUT2D eigenvalue weighted by atomic mass is 79.9. The number of hydrogen-bond donors (Lipinski definition) is 1. The monoisotopic (exact) mass is 347 g/mol. The molecule has 2 aromatic rings. The lowest BCUT2D eigenvalue weighted by Crippen LogP contribution is -2.27. The Hall–Kier alpha value is -1.81. The molecular formula is C17H18BrNO2. The average molecular weight is 348 g/mol. The molecule has 21 heavy (non-hydrogen) atoms. The molecule has 0 aliphatic rings. The van der Waals surface area contributed by atoms with E-state index in [1.807, 2.05) is 48.5 Å². The topological polar surface area (TPSA) is 38.3 Å². The van der Waals surface area contributed by atoms with Crippen molar-refractivity contribution < 1.29 is 9.53 Å². The Morgan fingerprint density at radius 3 is 2.62 bits per heavy atom. The Kier molecular flexibility index (Phi) is 5.81. The number of halogens is 1. The molecule has 4 heteroatoms. The predicted molar refractivity (Wildman–Crippen MR) is 87.6 cm³/mol. The van der Waals surface area contributed by atoms with Crippen molar-refractivity contribution in [3.63, 3.8) is 0 Å². The van der Waals surface area contributed by atoms with Gasteiger partial charge in [-0.25, -0.2) is 0 Å². The zero-order valence-corrected chi connectivity index (χ0v) is 13.5.